The quantitative estimate of drug-likeness (QED) is 0.587. The molecule has 4 nitrogen and oxygen atoms in total. The van der Waals surface area contributed by atoms with Gasteiger partial charge in [0.15, 0.2) is 10.9 Å². The molecule has 0 saturated carbocycles. The van der Waals surface area contributed by atoms with Crippen LogP contribution in [0.25, 0.3) is 10.2 Å². The molecule has 150 valence electrons. The van der Waals surface area contributed by atoms with Gasteiger partial charge in [-0.25, -0.2) is 18.2 Å². The average molecular weight is 430 g/mol. The summed E-state index contributed by atoms with van der Waals surface area (Å²) in [5.74, 6) is -2.07. The number of rotatable bonds is 6. The lowest BCUT2D eigenvalue weighted by molar-refractivity contribution is -0.118. The molecule has 0 N–H and O–H groups in total. The molecule has 0 aliphatic carbocycles. The minimum absolute atomic E-state index is 0. The first-order chi connectivity index (χ1) is 12.8. The second-order valence-electron chi connectivity index (χ2n) is 6.38. The van der Waals surface area contributed by atoms with Crippen LogP contribution >= 0.6 is 23.7 Å². The highest BCUT2D eigenvalue weighted by atomic mass is 35.5. The molecule has 3 aromatic rings. The minimum atomic E-state index is -0.758. The predicted molar refractivity (Wildman–Crippen MR) is 108 cm³/mol. The fraction of sp³-hybridized carbons (Fsp3) is 0.263. The lowest BCUT2D eigenvalue weighted by Crippen LogP contribution is -2.37. The fourth-order valence-electron chi connectivity index (χ4n) is 2.56. The Hall–Kier alpha value is -2.16. The van der Waals surface area contributed by atoms with E-state index in [-0.39, 0.29) is 36.1 Å². The average Bonchev–Trinajstić information content (AvgIpc) is 3.00. The number of hydrogen-bond donors (Lipinski definition) is 0. The van der Waals surface area contributed by atoms with Crippen LogP contribution in [0, 0.1) is 17.5 Å². The Labute approximate surface area is 171 Å². The Morgan fingerprint density at radius 2 is 1.71 bits per heavy atom. The summed E-state index contributed by atoms with van der Waals surface area (Å²) in [6.45, 7) is 0.916. The number of halogens is 4. The SMILES string of the molecule is CN(C)CCN(C(=O)Cc1ccc(F)cc1)c1nc2c(F)cc(F)cc2s1.Cl. The molecule has 2 aromatic carbocycles. The van der Waals surface area contributed by atoms with Gasteiger partial charge in [0.25, 0.3) is 0 Å². The van der Waals surface area contributed by atoms with Gasteiger partial charge in [-0.2, -0.15) is 0 Å². The van der Waals surface area contributed by atoms with Gasteiger partial charge < -0.3 is 4.90 Å². The third-order valence-electron chi connectivity index (χ3n) is 3.97. The molecule has 0 spiro atoms. The Balaban J connectivity index is 0.00000280. The summed E-state index contributed by atoms with van der Waals surface area (Å²) in [7, 11) is 3.74. The zero-order chi connectivity index (χ0) is 19.6. The van der Waals surface area contributed by atoms with E-state index in [0.29, 0.717) is 28.5 Å². The number of thiazole rings is 1. The van der Waals surface area contributed by atoms with Crippen LogP contribution in [0.1, 0.15) is 5.56 Å². The monoisotopic (exact) mass is 429 g/mol. The van der Waals surface area contributed by atoms with E-state index < -0.39 is 11.6 Å². The first-order valence-corrected chi connectivity index (χ1v) is 9.10. The third-order valence-corrected chi connectivity index (χ3v) is 5.00. The Morgan fingerprint density at radius 3 is 2.36 bits per heavy atom. The van der Waals surface area contributed by atoms with E-state index in [1.165, 1.54) is 23.1 Å². The van der Waals surface area contributed by atoms with Crippen LogP contribution in [0.5, 0.6) is 0 Å². The predicted octanol–water partition coefficient (Wildman–Crippen LogP) is 4.27. The maximum Gasteiger partial charge on any atom is 0.233 e. The molecule has 1 aromatic heterocycles. The molecule has 0 saturated heterocycles. The summed E-state index contributed by atoms with van der Waals surface area (Å²) in [4.78, 5) is 20.4. The topological polar surface area (TPSA) is 36.4 Å². The van der Waals surface area contributed by atoms with E-state index in [0.717, 1.165) is 17.4 Å². The molecule has 0 fully saturated rings. The van der Waals surface area contributed by atoms with Crippen LogP contribution < -0.4 is 4.90 Å². The zero-order valence-corrected chi connectivity index (χ0v) is 16.9. The molecule has 1 amide bonds. The smallest absolute Gasteiger partial charge is 0.233 e. The molecule has 1 heterocycles. The third kappa shape index (κ3) is 5.21. The van der Waals surface area contributed by atoms with Gasteiger partial charge >= 0.3 is 0 Å². The lowest BCUT2D eigenvalue weighted by atomic mass is 10.1. The van der Waals surface area contributed by atoms with Crippen molar-refractivity contribution in [3.8, 4) is 0 Å². The van der Waals surface area contributed by atoms with E-state index in [1.54, 1.807) is 12.1 Å². The van der Waals surface area contributed by atoms with Crippen molar-refractivity contribution in [3.05, 3.63) is 59.4 Å². The lowest BCUT2D eigenvalue weighted by Gasteiger charge is -2.22. The molecular formula is C19H19ClF3N3OS. The van der Waals surface area contributed by atoms with Crippen molar-refractivity contribution < 1.29 is 18.0 Å². The van der Waals surface area contributed by atoms with Gasteiger partial charge in [0.05, 0.1) is 11.1 Å². The number of benzene rings is 2. The Kier molecular flexibility index (Phi) is 7.40. The van der Waals surface area contributed by atoms with Crippen molar-refractivity contribution in [2.75, 3.05) is 32.1 Å². The minimum Gasteiger partial charge on any atom is -0.308 e. The maximum atomic E-state index is 14.0. The van der Waals surface area contributed by atoms with Gasteiger partial charge in [0.1, 0.15) is 17.2 Å². The normalized spacial score (nSPS) is 10.9. The second-order valence-corrected chi connectivity index (χ2v) is 7.39. The number of carbonyl (C=O) groups excluding carboxylic acids is 1. The summed E-state index contributed by atoms with van der Waals surface area (Å²) >= 11 is 1.06. The van der Waals surface area contributed by atoms with E-state index in [2.05, 4.69) is 4.98 Å². The summed E-state index contributed by atoms with van der Waals surface area (Å²) in [6, 6.07) is 7.66. The fourth-order valence-corrected chi connectivity index (χ4v) is 3.61. The highest BCUT2D eigenvalue weighted by Crippen LogP contribution is 2.31. The van der Waals surface area contributed by atoms with Crippen LogP contribution in [-0.4, -0.2) is 43.0 Å². The molecule has 0 unspecified atom stereocenters. The second kappa shape index (κ2) is 9.36. The molecule has 0 radical (unpaired) electrons. The number of amides is 1. The number of likely N-dealkylation sites (N-methyl/N-ethyl adjacent to an activating group) is 1. The molecule has 0 aliphatic heterocycles. The molecule has 9 heteroatoms. The highest BCUT2D eigenvalue weighted by molar-refractivity contribution is 7.22. The van der Waals surface area contributed by atoms with Crippen molar-refractivity contribution in [3.63, 3.8) is 0 Å². The Bertz CT molecular complexity index is 963. The first kappa shape index (κ1) is 22.1. The van der Waals surface area contributed by atoms with Crippen molar-refractivity contribution in [1.29, 1.82) is 0 Å². The standard InChI is InChI=1S/C19H18F3N3OS.ClH/c1-24(2)7-8-25(17(26)9-12-3-5-13(20)6-4-12)19-23-18-15(22)10-14(21)11-16(18)27-19;/h3-6,10-11H,7-9H2,1-2H3;1H. The number of hydrogen-bond acceptors (Lipinski definition) is 4. The van der Waals surface area contributed by atoms with Crippen molar-refractivity contribution in [2.24, 2.45) is 0 Å². The van der Waals surface area contributed by atoms with E-state index in [1.807, 2.05) is 19.0 Å². The van der Waals surface area contributed by atoms with Gasteiger partial charge in [-0.15, -0.1) is 12.4 Å². The van der Waals surface area contributed by atoms with Gasteiger partial charge in [-0.1, -0.05) is 23.5 Å². The first-order valence-electron chi connectivity index (χ1n) is 8.28. The number of carbonyl (C=O) groups is 1. The molecule has 0 bridgehead atoms. The highest BCUT2D eigenvalue weighted by Gasteiger charge is 2.21. The summed E-state index contributed by atoms with van der Waals surface area (Å²) < 4.78 is 40.9. The number of aromatic nitrogens is 1. The summed E-state index contributed by atoms with van der Waals surface area (Å²) in [5.41, 5.74) is 0.704. The molecule has 3 rings (SSSR count). The van der Waals surface area contributed by atoms with Crippen molar-refractivity contribution in [1.82, 2.24) is 9.88 Å². The van der Waals surface area contributed by atoms with Crippen molar-refractivity contribution in [2.45, 2.75) is 6.42 Å². The zero-order valence-electron chi connectivity index (χ0n) is 15.3. The number of anilines is 1. The number of fused-ring (bicyclic) bond motifs is 1. The van der Waals surface area contributed by atoms with E-state index in [9.17, 15) is 18.0 Å². The molecule has 0 atom stereocenters. The van der Waals surface area contributed by atoms with Crippen molar-refractivity contribution >= 4 is 45.0 Å². The van der Waals surface area contributed by atoms with Gasteiger partial charge in [-0.3, -0.25) is 9.69 Å². The molecule has 28 heavy (non-hydrogen) atoms. The van der Waals surface area contributed by atoms with Crippen LogP contribution in [0.4, 0.5) is 18.3 Å². The largest absolute Gasteiger partial charge is 0.308 e. The maximum absolute atomic E-state index is 14.0. The van der Waals surface area contributed by atoms with Gasteiger partial charge in [-0.05, 0) is 37.9 Å². The molecule has 0 aliphatic rings. The van der Waals surface area contributed by atoms with Crippen LogP contribution in [-0.2, 0) is 11.2 Å². The van der Waals surface area contributed by atoms with E-state index >= 15 is 0 Å². The van der Waals surface area contributed by atoms with E-state index in [4.69, 9.17) is 0 Å². The van der Waals surface area contributed by atoms with Crippen LogP contribution in [0.15, 0.2) is 36.4 Å². The summed E-state index contributed by atoms with van der Waals surface area (Å²) in [6.07, 6.45) is 0.0560. The summed E-state index contributed by atoms with van der Waals surface area (Å²) in [5, 5.41) is 0.309. The van der Waals surface area contributed by atoms with Gasteiger partial charge in [0, 0.05) is 19.2 Å². The Morgan fingerprint density at radius 1 is 1.04 bits per heavy atom. The number of nitrogens with zero attached hydrogens (tertiary/aromatic N) is 3. The molecular weight excluding hydrogens is 411 g/mol. The van der Waals surface area contributed by atoms with Crippen LogP contribution in [0.2, 0.25) is 0 Å². The van der Waals surface area contributed by atoms with Gasteiger partial charge in [0.2, 0.25) is 5.91 Å². The van der Waals surface area contributed by atoms with Crippen LogP contribution in [0.3, 0.4) is 0 Å².